The average Bonchev–Trinajstić information content (AvgIpc) is 2.66. The molecule has 13 heavy (non-hydrogen) atoms. The number of hydrogen-bond donors (Lipinski definition) is 1. The second-order valence-electron chi connectivity index (χ2n) is 2.81. The zero-order valence-corrected chi connectivity index (χ0v) is 7.67. The molecule has 70 valence electrons. The van der Waals surface area contributed by atoms with Crippen molar-refractivity contribution in [3.63, 3.8) is 0 Å². The first-order valence-electron chi connectivity index (χ1n) is 4.38. The predicted molar refractivity (Wildman–Crippen MR) is 49.7 cm³/mol. The third-order valence-corrected chi connectivity index (χ3v) is 1.84. The van der Waals surface area contributed by atoms with Crippen LogP contribution in [0, 0.1) is 12.3 Å². The molecule has 0 aromatic heterocycles. The Hall–Kier alpha value is -1.43. The maximum Gasteiger partial charge on any atom is 0.286 e. The van der Waals surface area contributed by atoms with Gasteiger partial charge in [-0.3, -0.25) is 4.79 Å². The van der Waals surface area contributed by atoms with Crippen LogP contribution < -0.4 is 5.32 Å². The SMILES string of the molecule is C#CC(CC)NC(=O)C1=CCCO1. The molecule has 3 heteroatoms. The molecule has 0 aromatic rings. The van der Waals surface area contributed by atoms with E-state index >= 15 is 0 Å². The first-order chi connectivity index (χ1) is 6.27. The molecule has 1 rings (SSSR count). The van der Waals surface area contributed by atoms with Crippen molar-refractivity contribution in [1.29, 1.82) is 0 Å². The molecule has 0 saturated carbocycles. The van der Waals surface area contributed by atoms with Gasteiger partial charge in [-0.15, -0.1) is 6.42 Å². The summed E-state index contributed by atoms with van der Waals surface area (Å²) in [5.41, 5.74) is 0. The van der Waals surface area contributed by atoms with Crippen LogP contribution in [0.25, 0.3) is 0 Å². The summed E-state index contributed by atoms with van der Waals surface area (Å²) in [6.07, 6.45) is 8.51. The summed E-state index contributed by atoms with van der Waals surface area (Å²) in [4.78, 5) is 11.4. The van der Waals surface area contributed by atoms with E-state index in [2.05, 4.69) is 11.2 Å². The first kappa shape index (κ1) is 9.66. The molecule has 1 unspecified atom stereocenters. The molecule has 0 aromatic carbocycles. The van der Waals surface area contributed by atoms with Gasteiger partial charge in [-0.25, -0.2) is 0 Å². The lowest BCUT2D eigenvalue weighted by Gasteiger charge is -2.10. The molecule has 3 nitrogen and oxygen atoms in total. The third kappa shape index (κ3) is 2.51. The van der Waals surface area contributed by atoms with Crippen LogP contribution in [-0.4, -0.2) is 18.6 Å². The highest BCUT2D eigenvalue weighted by molar-refractivity contribution is 5.92. The molecule has 1 N–H and O–H groups in total. The highest BCUT2D eigenvalue weighted by Crippen LogP contribution is 2.08. The number of carbonyl (C=O) groups excluding carboxylic acids is 1. The highest BCUT2D eigenvalue weighted by atomic mass is 16.5. The van der Waals surface area contributed by atoms with Crippen molar-refractivity contribution in [3.05, 3.63) is 11.8 Å². The van der Waals surface area contributed by atoms with Gasteiger partial charge in [-0.05, 0) is 12.5 Å². The summed E-state index contributed by atoms with van der Waals surface area (Å²) in [7, 11) is 0. The minimum atomic E-state index is -0.206. The standard InChI is InChI=1S/C10H13NO2/c1-3-8(4-2)11-10(12)9-6-5-7-13-9/h1,6,8H,4-5,7H2,2H3,(H,11,12). The van der Waals surface area contributed by atoms with E-state index in [-0.39, 0.29) is 11.9 Å². The summed E-state index contributed by atoms with van der Waals surface area (Å²) in [5.74, 6) is 2.68. The summed E-state index contributed by atoms with van der Waals surface area (Å²) in [6, 6.07) is -0.197. The van der Waals surface area contributed by atoms with E-state index in [0.717, 1.165) is 12.8 Å². The fraction of sp³-hybridized carbons (Fsp3) is 0.500. The van der Waals surface area contributed by atoms with Gasteiger partial charge >= 0.3 is 0 Å². The summed E-state index contributed by atoms with van der Waals surface area (Å²) in [6.45, 7) is 2.52. The van der Waals surface area contributed by atoms with E-state index in [1.54, 1.807) is 6.08 Å². The molecule has 1 heterocycles. The smallest absolute Gasteiger partial charge is 0.286 e. The summed E-state index contributed by atoms with van der Waals surface area (Å²) in [5, 5.41) is 2.69. The fourth-order valence-corrected chi connectivity index (χ4v) is 1.07. The number of rotatable bonds is 3. The normalized spacial score (nSPS) is 16.8. The molecule has 0 saturated heterocycles. The number of terminal acetylenes is 1. The Morgan fingerprint density at radius 1 is 1.92 bits per heavy atom. The molecular formula is C10H13NO2. The quantitative estimate of drug-likeness (QED) is 0.651. The lowest BCUT2D eigenvalue weighted by atomic mass is 10.2. The van der Waals surface area contributed by atoms with Crippen molar-refractivity contribution in [1.82, 2.24) is 5.32 Å². The summed E-state index contributed by atoms with van der Waals surface area (Å²) >= 11 is 0. The lowest BCUT2D eigenvalue weighted by molar-refractivity contribution is -0.120. The second kappa shape index (κ2) is 4.56. The average molecular weight is 179 g/mol. The van der Waals surface area contributed by atoms with Crippen LogP contribution in [0.2, 0.25) is 0 Å². The van der Waals surface area contributed by atoms with Crippen LogP contribution in [-0.2, 0) is 9.53 Å². The number of carbonyl (C=O) groups is 1. The van der Waals surface area contributed by atoms with Crippen LogP contribution in [0.3, 0.4) is 0 Å². The highest BCUT2D eigenvalue weighted by Gasteiger charge is 2.16. The van der Waals surface area contributed by atoms with Gasteiger partial charge in [-0.1, -0.05) is 12.8 Å². The lowest BCUT2D eigenvalue weighted by Crippen LogP contribution is -2.34. The largest absolute Gasteiger partial charge is 0.488 e. The second-order valence-corrected chi connectivity index (χ2v) is 2.81. The molecule has 0 bridgehead atoms. The maximum absolute atomic E-state index is 11.4. The Kier molecular flexibility index (Phi) is 3.39. The van der Waals surface area contributed by atoms with Gasteiger partial charge in [0, 0.05) is 6.42 Å². The van der Waals surface area contributed by atoms with E-state index in [0.29, 0.717) is 12.4 Å². The fourth-order valence-electron chi connectivity index (χ4n) is 1.07. The van der Waals surface area contributed by atoms with Crippen molar-refractivity contribution in [2.24, 2.45) is 0 Å². The van der Waals surface area contributed by atoms with Crippen molar-refractivity contribution < 1.29 is 9.53 Å². The third-order valence-electron chi connectivity index (χ3n) is 1.84. The monoisotopic (exact) mass is 179 g/mol. The minimum Gasteiger partial charge on any atom is -0.488 e. The number of amides is 1. The molecular weight excluding hydrogens is 166 g/mol. The van der Waals surface area contributed by atoms with Crippen molar-refractivity contribution in [2.75, 3.05) is 6.61 Å². The molecule has 0 spiro atoms. The van der Waals surface area contributed by atoms with Crippen LogP contribution in [0.1, 0.15) is 19.8 Å². The van der Waals surface area contributed by atoms with Gasteiger partial charge in [0.1, 0.15) is 0 Å². The van der Waals surface area contributed by atoms with E-state index in [1.165, 1.54) is 0 Å². The Bertz CT molecular complexity index is 263. The summed E-state index contributed by atoms with van der Waals surface area (Å²) < 4.78 is 5.09. The number of nitrogens with one attached hydrogen (secondary N) is 1. The first-order valence-corrected chi connectivity index (χ1v) is 4.38. The Labute approximate surface area is 78.2 Å². The van der Waals surface area contributed by atoms with Gasteiger partial charge in [0.15, 0.2) is 5.76 Å². The van der Waals surface area contributed by atoms with Crippen LogP contribution >= 0.6 is 0 Å². The van der Waals surface area contributed by atoms with Gasteiger partial charge in [0.2, 0.25) is 0 Å². The Balaban J connectivity index is 2.45. The van der Waals surface area contributed by atoms with E-state index in [1.807, 2.05) is 6.92 Å². The van der Waals surface area contributed by atoms with Crippen LogP contribution in [0.5, 0.6) is 0 Å². The molecule has 1 amide bonds. The molecule has 0 aliphatic carbocycles. The van der Waals surface area contributed by atoms with Gasteiger partial charge < -0.3 is 10.1 Å². The Morgan fingerprint density at radius 3 is 3.15 bits per heavy atom. The van der Waals surface area contributed by atoms with Crippen LogP contribution in [0.15, 0.2) is 11.8 Å². The van der Waals surface area contributed by atoms with E-state index in [9.17, 15) is 4.79 Å². The molecule has 0 fully saturated rings. The maximum atomic E-state index is 11.4. The number of hydrogen-bond acceptors (Lipinski definition) is 2. The molecule has 1 aliphatic heterocycles. The molecule has 1 aliphatic rings. The van der Waals surface area contributed by atoms with Crippen molar-refractivity contribution >= 4 is 5.91 Å². The Morgan fingerprint density at radius 2 is 2.69 bits per heavy atom. The van der Waals surface area contributed by atoms with Crippen LogP contribution in [0.4, 0.5) is 0 Å². The zero-order chi connectivity index (χ0) is 9.68. The van der Waals surface area contributed by atoms with Crippen molar-refractivity contribution in [3.8, 4) is 12.3 Å². The van der Waals surface area contributed by atoms with Gasteiger partial charge in [-0.2, -0.15) is 0 Å². The molecule has 0 radical (unpaired) electrons. The van der Waals surface area contributed by atoms with E-state index < -0.39 is 0 Å². The van der Waals surface area contributed by atoms with Crippen molar-refractivity contribution in [2.45, 2.75) is 25.8 Å². The van der Waals surface area contributed by atoms with Gasteiger partial charge in [0.25, 0.3) is 5.91 Å². The molecule has 1 atom stereocenters. The zero-order valence-electron chi connectivity index (χ0n) is 7.67. The predicted octanol–water partition coefficient (Wildman–Crippen LogP) is 0.819. The topological polar surface area (TPSA) is 38.3 Å². The minimum absolute atomic E-state index is 0.197. The van der Waals surface area contributed by atoms with E-state index in [4.69, 9.17) is 11.2 Å². The van der Waals surface area contributed by atoms with Gasteiger partial charge in [0.05, 0.1) is 12.6 Å². The number of ether oxygens (including phenoxy) is 1.